The molecule has 4 rings (SSSR count). The highest BCUT2D eigenvalue weighted by Crippen LogP contribution is 2.68. The van der Waals surface area contributed by atoms with E-state index < -0.39 is 51.8 Å². The van der Waals surface area contributed by atoms with E-state index in [1.165, 1.54) is 0 Å². The highest BCUT2D eigenvalue weighted by molar-refractivity contribution is 5.93. The van der Waals surface area contributed by atoms with Crippen molar-refractivity contribution in [3.05, 3.63) is 31.9 Å². The quantitative estimate of drug-likeness (QED) is 0.0878. The van der Waals surface area contributed by atoms with Crippen LogP contribution >= 0.6 is 0 Å². The first kappa shape index (κ1) is 35.0. The van der Waals surface area contributed by atoms with E-state index in [2.05, 4.69) is 22.7 Å². The lowest BCUT2D eigenvalue weighted by Crippen LogP contribution is -2.63. The monoisotopic (exact) mass is 654 g/mol. The number of carbonyl (C=O) groups is 4. The predicted molar refractivity (Wildman–Crippen MR) is 154 cm³/mol. The van der Waals surface area contributed by atoms with Crippen molar-refractivity contribution in [3.8, 4) is 0 Å². The van der Waals surface area contributed by atoms with Gasteiger partial charge in [0.1, 0.15) is 5.78 Å². The largest absolute Gasteiger partial charge is 0.508 e. The molecule has 0 amide bonds. The Labute approximate surface area is 265 Å². The van der Waals surface area contributed by atoms with Crippen LogP contribution in [0.3, 0.4) is 0 Å². The number of ether oxygens (including phenoxy) is 3. The molecule has 4 aliphatic rings. The first-order chi connectivity index (χ1) is 21.7. The standard InChI is InChI=1S/C30H42N2O14/c1-28-11-9-20(33)16-19(28)7-8-21-22-10-12-30(29(22,2)17-23(34)26(21)28,46-25(36)6-5-15-45-32(40)41)24(35)18-43-27(37)42-13-3-4-14-44-31(38)39/h7,21-23,26,34H,3-6,8-18H2,1-2H3/t21?,22?,23-,26+,28-,29-,30-/m0/s1. The molecule has 0 saturated heterocycles. The number of aliphatic hydroxyl groups is 1. The Morgan fingerprint density at radius 2 is 1.67 bits per heavy atom. The van der Waals surface area contributed by atoms with E-state index in [1.807, 2.05) is 6.92 Å². The fourth-order valence-electron chi connectivity index (χ4n) is 8.66. The van der Waals surface area contributed by atoms with E-state index in [1.54, 1.807) is 0 Å². The molecule has 16 nitrogen and oxygen atoms in total. The van der Waals surface area contributed by atoms with Gasteiger partial charge in [0.25, 0.3) is 10.2 Å². The number of ketones is 2. The van der Waals surface area contributed by atoms with Crippen LogP contribution in [0, 0.1) is 48.8 Å². The zero-order chi connectivity index (χ0) is 33.7. The van der Waals surface area contributed by atoms with E-state index >= 15 is 0 Å². The third-order valence-corrected chi connectivity index (χ3v) is 10.7. The molecule has 3 saturated carbocycles. The summed E-state index contributed by atoms with van der Waals surface area (Å²) in [6, 6.07) is 0. The van der Waals surface area contributed by atoms with Gasteiger partial charge in [0, 0.05) is 24.7 Å². The fourth-order valence-corrected chi connectivity index (χ4v) is 8.66. The fraction of sp³-hybridized carbons (Fsp3) is 0.800. The number of hydrogen-bond donors (Lipinski definition) is 1. The molecular formula is C30H42N2O14. The van der Waals surface area contributed by atoms with Gasteiger partial charge in [0.15, 0.2) is 12.2 Å². The van der Waals surface area contributed by atoms with Crippen LogP contribution < -0.4 is 0 Å². The maximum absolute atomic E-state index is 14.0. The van der Waals surface area contributed by atoms with Crippen molar-refractivity contribution in [2.75, 3.05) is 26.4 Å². The molecular weight excluding hydrogens is 612 g/mol. The number of fused-ring (bicyclic) bond motifs is 5. The minimum atomic E-state index is -1.75. The Balaban J connectivity index is 1.50. The molecule has 7 atom stereocenters. The number of nitrogens with zero attached hydrogens (tertiary/aromatic N) is 2. The van der Waals surface area contributed by atoms with Gasteiger partial charge in [-0.05, 0) is 74.5 Å². The second-order valence-electron chi connectivity index (χ2n) is 13.2. The molecule has 2 unspecified atom stereocenters. The van der Waals surface area contributed by atoms with Crippen LogP contribution in [0.4, 0.5) is 4.79 Å². The number of Topliss-reactive ketones (excluding diaryl/α,β-unsaturated/α-hetero) is 2. The summed E-state index contributed by atoms with van der Waals surface area (Å²) in [5.41, 5.74) is -2.11. The molecule has 46 heavy (non-hydrogen) atoms. The Kier molecular flexibility index (Phi) is 10.9. The number of esters is 1. The molecule has 1 N–H and O–H groups in total. The normalized spacial score (nSPS) is 32.9. The molecule has 0 aliphatic heterocycles. The Hall–Kier alpha value is -3.82. The molecule has 0 aromatic rings. The molecule has 0 aromatic heterocycles. The summed E-state index contributed by atoms with van der Waals surface area (Å²) in [6.07, 6.45) is 3.10. The minimum absolute atomic E-state index is 0.0300. The molecule has 256 valence electrons. The molecule has 0 radical (unpaired) electrons. The number of rotatable bonds is 15. The zero-order valence-corrected chi connectivity index (χ0v) is 26.1. The maximum Gasteiger partial charge on any atom is 0.508 e. The molecule has 16 heteroatoms. The second-order valence-corrected chi connectivity index (χ2v) is 13.2. The van der Waals surface area contributed by atoms with E-state index in [9.17, 15) is 44.5 Å². The predicted octanol–water partition coefficient (Wildman–Crippen LogP) is 3.47. The van der Waals surface area contributed by atoms with Gasteiger partial charge in [-0.25, -0.2) is 4.79 Å². The zero-order valence-electron chi connectivity index (χ0n) is 26.1. The van der Waals surface area contributed by atoms with Crippen LogP contribution in [0.1, 0.15) is 84.5 Å². The first-order valence-electron chi connectivity index (χ1n) is 15.7. The van der Waals surface area contributed by atoms with Crippen LogP contribution in [0.15, 0.2) is 11.6 Å². The number of hydrogen-bond acceptors (Lipinski definition) is 14. The third-order valence-electron chi connectivity index (χ3n) is 10.7. The number of allylic oxidation sites excluding steroid dienone is 2. The summed E-state index contributed by atoms with van der Waals surface area (Å²) in [4.78, 5) is 80.9. The summed E-state index contributed by atoms with van der Waals surface area (Å²) in [7, 11) is 0. The van der Waals surface area contributed by atoms with Gasteiger partial charge in [-0.3, -0.25) is 14.4 Å². The van der Waals surface area contributed by atoms with Gasteiger partial charge >= 0.3 is 12.1 Å². The topological polar surface area (TPSA) is 221 Å². The number of aliphatic hydroxyl groups excluding tert-OH is 1. The van der Waals surface area contributed by atoms with Crippen LogP contribution in [0.2, 0.25) is 0 Å². The van der Waals surface area contributed by atoms with Crippen molar-refractivity contribution in [1.82, 2.24) is 0 Å². The first-order valence-corrected chi connectivity index (χ1v) is 15.7. The number of carbonyl (C=O) groups excluding carboxylic acids is 4. The second kappa shape index (κ2) is 14.3. The van der Waals surface area contributed by atoms with Crippen LogP contribution in [-0.2, 0) is 38.3 Å². The lowest BCUT2D eigenvalue weighted by Gasteiger charge is -2.60. The van der Waals surface area contributed by atoms with Crippen LogP contribution in [-0.4, -0.2) is 77.1 Å². The van der Waals surface area contributed by atoms with Gasteiger partial charge in [-0.2, -0.15) is 0 Å². The summed E-state index contributed by atoms with van der Waals surface area (Å²) in [5.74, 6) is -1.61. The van der Waals surface area contributed by atoms with Crippen molar-refractivity contribution in [3.63, 3.8) is 0 Å². The van der Waals surface area contributed by atoms with Gasteiger partial charge in [-0.1, -0.05) is 25.5 Å². The lowest BCUT2D eigenvalue weighted by molar-refractivity contribution is -0.757. The number of unbranched alkanes of at least 4 members (excludes halogenated alkanes) is 1. The van der Waals surface area contributed by atoms with Crippen molar-refractivity contribution in [2.45, 2.75) is 96.2 Å². The van der Waals surface area contributed by atoms with Crippen LogP contribution in [0.25, 0.3) is 0 Å². The maximum atomic E-state index is 14.0. The average molecular weight is 655 g/mol. The summed E-state index contributed by atoms with van der Waals surface area (Å²) < 4.78 is 16.1. The highest BCUT2D eigenvalue weighted by atomic mass is 17.0. The lowest BCUT2D eigenvalue weighted by atomic mass is 9.46. The van der Waals surface area contributed by atoms with Gasteiger partial charge in [-0.15, -0.1) is 20.2 Å². The molecule has 0 heterocycles. The molecule has 4 aliphatic carbocycles. The molecule has 0 spiro atoms. The smallest absolute Gasteiger partial charge is 0.450 e. The van der Waals surface area contributed by atoms with Crippen molar-refractivity contribution in [1.29, 1.82) is 0 Å². The van der Waals surface area contributed by atoms with E-state index in [-0.39, 0.29) is 87.3 Å². The minimum Gasteiger partial charge on any atom is -0.450 e. The summed E-state index contributed by atoms with van der Waals surface area (Å²) in [5, 5.41) is 30.6. The average Bonchev–Trinajstić information content (AvgIpc) is 3.27. The van der Waals surface area contributed by atoms with E-state index in [0.29, 0.717) is 32.1 Å². The molecule has 0 aromatic carbocycles. The van der Waals surface area contributed by atoms with Crippen molar-refractivity contribution < 1.29 is 58.3 Å². The Bertz CT molecular complexity index is 1250. The van der Waals surface area contributed by atoms with Crippen molar-refractivity contribution in [2.24, 2.45) is 28.6 Å². The highest BCUT2D eigenvalue weighted by Gasteiger charge is 2.70. The van der Waals surface area contributed by atoms with Gasteiger partial charge < -0.3 is 29.0 Å². The van der Waals surface area contributed by atoms with Crippen molar-refractivity contribution >= 4 is 23.7 Å². The van der Waals surface area contributed by atoms with E-state index in [4.69, 9.17) is 14.2 Å². The summed E-state index contributed by atoms with van der Waals surface area (Å²) >= 11 is 0. The van der Waals surface area contributed by atoms with E-state index in [0.717, 1.165) is 5.57 Å². The Morgan fingerprint density at radius 1 is 1.00 bits per heavy atom. The SMILES string of the molecule is C[C@]12CCC(=O)CC1=CCC1C3CC[C@](OC(=O)CCCO[N+](=O)[O-])(C(=O)COC(=O)OCCCCO[N+](=O)[O-])[C@@]3(C)C[C@H](O)[C@@H]12. The van der Waals surface area contributed by atoms with Gasteiger partial charge in [0.05, 0.1) is 25.9 Å². The third kappa shape index (κ3) is 7.10. The molecule has 3 fully saturated rings. The molecule has 0 bridgehead atoms. The summed E-state index contributed by atoms with van der Waals surface area (Å²) in [6.45, 7) is 2.52. The van der Waals surface area contributed by atoms with Gasteiger partial charge in [0.2, 0.25) is 5.78 Å². The van der Waals surface area contributed by atoms with Crippen LogP contribution in [0.5, 0.6) is 0 Å². The Morgan fingerprint density at radius 3 is 2.37 bits per heavy atom.